The van der Waals surface area contributed by atoms with Gasteiger partial charge in [0.2, 0.25) is 5.91 Å². The first-order chi connectivity index (χ1) is 19.5. The van der Waals surface area contributed by atoms with E-state index in [4.69, 9.17) is 14.2 Å². The largest absolute Gasteiger partial charge is 0.497 e. The SMILES string of the molecule is COCCN(CC(=O)N(Cc1cccn1Cc1ccccc1)C1CCCCC1)C(=O)c1cc(OC)cc(OC)c1. The van der Waals surface area contributed by atoms with Crippen molar-refractivity contribution < 1.29 is 23.8 Å². The number of rotatable bonds is 13. The number of ether oxygens (including phenoxy) is 3. The molecule has 1 fully saturated rings. The topological polar surface area (TPSA) is 73.2 Å². The molecule has 214 valence electrons. The third-order valence-electron chi connectivity index (χ3n) is 7.56. The number of methoxy groups -OCH3 is 3. The van der Waals surface area contributed by atoms with Crippen molar-refractivity contribution in [1.29, 1.82) is 0 Å². The van der Waals surface area contributed by atoms with Gasteiger partial charge in [-0.1, -0.05) is 49.6 Å². The van der Waals surface area contributed by atoms with Gasteiger partial charge in [0.1, 0.15) is 18.0 Å². The molecular formula is C32H41N3O5. The molecule has 40 heavy (non-hydrogen) atoms. The molecule has 1 aromatic heterocycles. The van der Waals surface area contributed by atoms with Gasteiger partial charge >= 0.3 is 0 Å². The van der Waals surface area contributed by atoms with E-state index in [1.165, 1.54) is 12.0 Å². The monoisotopic (exact) mass is 547 g/mol. The lowest BCUT2D eigenvalue weighted by molar-refractivity contribution is -0.135. The van der Waals surface area contributed by atoms with Crippen LogP contribution in [-0.2, 0) is 22.6 Å². The van der Waals surface area contributed by atoms with Crippen molar-refractivity contribution in [2.24, 2.45) is 0 Å². The Morgan fingerprint density at radius 3 is 2.25 bits per heavy atom. The van der Waals surface area contributed by atoms with Crippen LogP contribution in [0.15, 0.2) is 66.9 Å². The summed E-state index contributed by atoms with van der Waals surface area (Å²) < 4.78 is 18.2. The highest BCUT2D eigenvalue weighted by Crippen LogP contribution is 2.26. The van der Waals surface area contributed by atoms with E-state index in [9.17, 15) is 9.59 Å². The zero-order valence-electron chi connectivity index (χ0n) is 23.9. The average Bonchev–Trinajstić information content (AvgIpc) is 3.44. The van der Waals surface area contributed by atoms with Gasteiger partial charge in [0.05, 0.1) is 27.4 Å². The van der Waals surface area contributed by atoms with Gasteiger partial charge in [0.15, 0.2) is 0 Å². The molecule has 0 N–H and O–H groups in total. The molecule has 0 aliphatic heterocycles. The molecule has 4 rings (SSSR count). The van der Waals surface area contributed by atoms with Crippen molar-refractivity contribution >= 4 is 11.8 Å². The zero-order chi connectivity index (χ0) is 28.3. The Morgan fingerprint density at radius 2 is 1.60 bits per heavy atom. The van der Waals surface area contributed by atoms with E-state index in [1.807, 2.05) is 29.2 Å². The Bertz CT molecular complexity index is 1210. The van der Waals surface area contributed by atoms with Crippen LogP contribution < -0.4 is 9.47 Å². The molecule has 0 radical (unpaired) electrons. The van der Waals surface area contributed by atoms with Crippen LogP contribution in [-0.4, -0.2) is 73.2 Å². The minimum Gasteiger partial charge on any atom is -0.497 e. The van der Waals surface area contributed by atoms with Gasteiger partial charge in [-0.25, -0.2) is 0 Å². The minimum atomic E-state index is -0.265. The number of carbonyl (C=O) groups is 2. The van der Waals surface area contributed by atoms with Gasteiger partial charge in [-0.2, -0.15) is 0 Å². The van der Waals surface area contributed by atoms with Crippen LogP contribution in [0.4, 0.5) is 0 Å². The molecule has 8 nitrogen and oxygen atoms in total. The number of amides is 2. The van der Waals surface area contributed by atoms with E-state index in [0.29, 0.717) is 36.8 Å². The maximum absolute atomic E-state index is 14.0. The van der Waals surface area contributed by atoms with E-state index in [0.717, 1.165) is 37.9 Å². The number of nitrogens with zero attached hydrogens (tertiary/aromatic N) is 3. The first-order valence-corrected chi connectivity index (χ1v) is 14.0. The Labute approximate surface area is 237 Å². The van der Waals surface area contributed by atoms with E-state index in [1.54, 1.807) is 44.4 Å². The fraction of sp³-hybridized carbons (Fsp3) is 0.438. The summed E-state index contributed by atoms with van der Waals surface area (Å²) >= 11 is 0. The Kier molecular flexibility index (Phi) is 10.6. The summed E-state index contributed by atoms with van der Waals surface area (Å²) in [5, 5.41) is 0. The van der Waals surface area contributed by atoms with E-state index >= 15 is 0 Å². The molecule has 1 heterocycles. The second kappa shape index (κ2) is 14.6. The van der Waals surface area contributed by atoms with E-state index in [-0.39, 0.29) is 24.4 Å². The molecule has 1 aliphatic rings. The second-order valence-electron chi connectivity index (χ2n) is 10.2. The third kappa shape index (κ3) is 7.66. The average molecular weight is 548 g/mol. The van der Waals surface area contributed by atoms with Crippen molar-refractivity contribution in [2.75, 3.05) is 41.0 Å². The molecular weight excluding hydrogens is 506 g/mol. The van der Waals surface area contributed by atoms with Gasteiger partial charge in [0.25, 0.3) is 5.91 Å². The van der Waals surface area contributed by atoms with Gasteiger partial charge in [0, 0.05) is 49.8 Å². The lowest BCUT2D eigenvalue weighted by Crippen LogP contribution is -2.48. The molecule has 0 atom stereocenters. The molecule has 1 aliphatic carbocycles. The van der Waals surface area contributed by atoms with Crippen molar-refractivity contribution in [2.45, 2.75) is 51.2 Å². The van der Waals surface area contributed by atoms with Gasteiger partial charge < -0.3 is 28.6 Å². The molecule has 0 bridgehead atoms. The summed E-state index contributed by atoms with van der Waals surface area (Å²) in [6.45, 7) is 1.83. The van der Waals surface area contributed by atoms with Crippen LogP contribution in [0, 0.1) is 0 Å². The fourth-order valence-corrected chi connectivity index (χ4v) is 5.34. The number of benzene rings is 2. The number of hydrogen-bond acceptors (Lipinski definition) is 5. The lowest BCUT2D eigenvalue weighted by Gasteiger charge is -2.36. The second-order valence-corrected chi connectivity index (χ2v) is 10.2. The molecule has 3 aromatic rings. The van der Waals surface area contributed by atoms with Crippen LogP contribution in [0.3, 0.4) is 0 Å². The van der Waals surface area contributed by atoms with Crippen LogP contribution in [0.2, 0.25) is 0 Å². The van der Waals surface area contributed by atoms with E-state index < -0.39 is 0 Å². The van der Waals surface area contributed by atoms with Gasteiger partial charge in [-0.15, -0.1) is 0 Å². The summed E-state index contributed by atoms with van der Waals surface area (Å²) in [6, 6.07) is 19.7. The summed E-state index contributed by atoms with van der Waals surface area (Å²) in [6.07, 6.45) is 7.43. The maximum Gasteiger partial charge on any atom is 0.254 e. The summed E-state index contributed by atoms with van der Waals surface area (Å²) in [4.78, 5) is 31.3. The summed E-state index contributed by atoms with van der Waals surface area (Å²) in [5.74, 6) is 0.713. The standard InChI is InChI=1S/C32H41N3O5/c1-38-18-17-34(32(37)26-19-29(39-2)21-30(20-26)40-3)24-31(36)35(27-13-8-5-9-14-27)23-28-15-10-16-33(28)22-25-11-6-4-7-12-25/h4,6-7,10-12,15-16,19-21,27H,5,8-9,13-14,17-18,22-24H2,1-3H3. The number of aromatic nitrogens is 1. The maximum atomic E-state index is 14.0. The van der Waals surface area contributed by atoms with Crippen molar-refractivity contribution in [3.63, 3.8) is 0 Å². The Balaban J connectivity index is 1.57. The van der Waals surface area contributed by atoms with Crippen molar-refractivity contribution in [1.82, 2.24) is 14.4 Å². The van der Waals surface area contributed by atoms with Crippen molar-refractivity contribution in [3.8, 4) is 11.5 Å². The van der Waals surface area contributed by atoms with E-state index in [2.05, 4.69) is 29.0 Å². The first-order valence-electron chi connectivity index (χ1n) is 14.0. The Hall–Kier alpha value is -3.78. The highest BCUT2D eigenvalue weighted by atomic mass is 16.5. The zero-order valence-corrected chi connectivity index (χ0v) is 23.9. The summed E-state index contributed by atoms with van der Waals surface area (Å²) in [7, 11) is 4.68. The molecule has 2 aromatic carbocycles. The predicted molar refractivity (Wildman–Crippen MR) is 155 cm³/mol. The summed E-state index contributed by atoms with van der Waals surface area (Å²) in [5.41, 5.74) is 2.69. The van der Waals surface area contributed by atoms with Gasteiger partial charge in [-0.05, 0) is 42.7 Å². The highest BCUT2D eigenvalue weighted by Gasteiger charge is 2.29. The van der Waals surface area contributed by atoms with Gasteiger partial charge in [-0.3, -0.25) is 9.59 Å². The normalized spacial score (nSPS) is 13.6. The van der Waals surface area contributed by atoms with Crippen molar-refractivity contribution in [3.05, 3.63) is 83.7 Å². The molecule has 0 unspecified atom stereocenters. The predicted octanol–water partition coefficient (Wildman–Crippen LogP) is 5.00. The lowest BCUT2D eigenvalue weighted by atomic mass is 9.94. The highest BCUT2D eigenvalue weighted by molar-refractivity contribution is 5.97. The number of carbonyl (C=O) groups excluding carboxylic acids is 2. The van der Waals surface area contributed by atoms with Crippen LogP contribution in [0.5, 0.6) is 11.5 Å². The van der Waals surface area contributed by atoms with Crippen LogP contribution in [0.1, 0.15) is 53.7 Å². The molecule has 0 spiro atoms. The minimum absolute atomic E-state index is 0.0301. The molecule has 0 saturated heterocycles. The van der Waals surface area contributed by atoms with Crippen LogP contribution >= 0.6 is 0 Å². The first kappa shape index (κ1) is 29.2. The molecule has 1 saturated carbocycles. The smallest absolute Gasteiger partial charge is 0.254 e. The molecule has 8 heteroatoms. The quantitative estimate of drug-likeness (QED) is 0.301. The fourth-order valence-electron chi connectivity index (χ4n) is 5.34. The van der Waals surface area contributed by atoms with Crippen LogP contribution in [0.25, 0.3) is 0 Å². The Morgan fingerprint density at radius 1 is 0.900 bits per heavy atom. The molecule has 2 amide bonds. The number of hydrogen-bond donors (Lipinski definition) is 0. The third-order valence-corrected chi connectivity index (χ3v) is 7.56.